The van der Waals surface area contributed by atoms with E-state index in [4.69, 9.17) is 16.3 Å². The van der Waals surface area contributed by atoms with Crippen molar-refractivity contribution in [2.45, 2.75) is 26.5 Å². The number of benzene rings is 2. The van der Waals surface area contributed by atoms with Crippen LogP contribution in [-0.2, 0) is 6.54 Å². The quantitative estimate of drug-likeness (QED) is 0.512. The van der Waals surface area contributed by atoms with Crippen LogP contribution in [-0.4, -0.2) is 31.3 Å². The summed E-state index contributed by atoms with van der Waals surface area (Å²) in [6.45, 7) is 5.52. The first kappa shape index (κ1) is 20.1. The van der Waals surface area contributed by atoms with Gasteiger partial charge in [-0.15, -0.1) is 0 Å². The summed E-state index contributed by atoms with van der Waals surface area (Å²) < 4.78 is 5.42. The highest BCUT2D eigenvalue weighted by Crippen LogP contribution is 2.22. The van der Waals surface area contributed by atoms with Gasteiger partial charge in [-0.05, 0) is 31.5 Å². The number of hydrogen-bond donors (Lipinski definition) is 3. The van der Waals surface area contributed by atoms with E-state index in [2.05, 4.69) is 15.6 Å². The summed E-state index contributed by atoms with van der Waals surface area (Å²) in [5.74, 6) is 1.45. The molecule has 140 valence electrons. The van der Waals surface area contributed by atoms with Crippen LogP contribution < -0.4 is 15.4 Å². The van der Waals surface area contributed by atoms with Crippen molar-refractivity contribution >= 4 is 17.6 Å². The number of aryl methyl sites for hydroxylation is 1. The van der Waals surface area contributed by atoms with E-state index in [0.717, 1.165) is 23.4 Å². The van der Waals surface area contributed by atoms with E-state index >= 15 is 0 Å². The van der Waals surface area contributed by atoms with Gasteiger partial charge in [0, 0.05) is 29.2 Å². The number of nitrogens with zero attached hydrogens (tertiary/aromatic N) is 1. The van der Waals surface area contributed by atoms with Crippen LogP contribution in [0.5, 0.6) is 5.75 Å². The second-order valence-electron chi connectivity index (χ2n) is 5.93. The Hall–Kier alpha value is -2.24. The van der Waals surface area contributed by atoms with Gasteiger partial charge in [0.05, 0.1) is 19.8 Å². The van der Waals surface area contributed by atoms with Crippen LogP contribution in [0.4, 0.5) is 0 Å². The monoisotopic (exact) mass is 375 g/mol. The molecule has 0 aliphatic carbocycles. The molecule has 5 nitrogen and oxygen atoms in total. The molecule has 0 heterocycles. The third-order valence-corrected chi connectivity index (χ3v) is 4.27. The lowest BCUT2D eigenvalue weighted by atomic mass is 10.1. The first-order chi connectivity index (χ1) is 12.5. The highest BCUT2D eigenvalue weighted by Gasteiger charge is 2.12. The molecule has 1 atom stereocenters. The van der Waals surface area contributed by atoms with Crippen molar-refractivity contribution < 1.29 is 9.84 Å². The number of nitrogens with one attached hydrogen (secondary N) is 2. The van der Waals surface area contributed by atoms with Gasteiger partial charge in [0.2, 0.25) is 0 Å². The summed E-state index contributed by atoms with van der Waals surface area (Å²) in [6.07, 6.45) is -0.721. The Balaban J connectivity index is 2.04. The van der Waals surface area contributed by atoms with Gasteiger partial charge in [-0.1, -0.05) is 41.9 Å². The van der Waals surface area contributed by atoms with Crippen LogP contribution in [0, 0.1) is 6.92 Å². The number of hydrogen-bond acceptors (Lipinski definition) is 3. The van der Waals surface area contributed by atoms with E-state index in [9.17, 15) is 5.11 Å². The van der Waals surface area contributed by atoms with Crippen molar-refractivity contribution in [3.63, 3.8) is 0 Å². The van der Waals surface area contributed by atoms with Crippen LogP contribution in [0.3, 0.4) is 0 Å². The topological polar surface area (TPSA) is 65.9 Å². The number of halogens is 1. The third-order valence-electron chi connectivity index (χ3n) is 3.92. The summed E-state index contributed by atoms with van der Waals surface area (Å²) in [4.78, 5) is 4.58. The molecular weight excluding hydrogens is 350 g/mol. The van der Waals surface area contributed by atoms with E-state index < -0.39 is 6.10 Å². The Kier molecular flexibility index (Phi) is 7.75. The van der Waals surface area contributed by atoms with E-state index in [1.165, 1.54) is 0 Å². The predicted octanol–water partition coefficient (Wildman–Crippen LogP) is 3.45. The van der Waals surface area contributed by atoms with Gasteiger partial charge in [0.15, 0.2) is 5.96 Å². The van der Waals surface area contributed by atoms with E-state index in [1.807, 2.05) is 50.2 Å². The summed E-state index contributed by atoms with van der Waals surface area (Å²) in [5.41, 5.74) is 2.84. The lowest BCUT2D eigenvalue weighted by molar-refractivity contribution is 0.181. The second-order valence-corrected chi connectivity index (χ2v) is 6.34. The molecule has 0 fully saturated rings. The lowest BCUT2D eigenvalue weighted by Gasteiger charge is -2.16. The summed E-state index contributed by atoms with van der Waals surface area (Å²) >= 11 is 6.14. The highest BCUT2D eigenvalue weighted by molar-refractivity contribution is 6.31. The molecule has 0 aliphatic heterocycles. The average molecular weight is 376 g/mol. The molecule has 0 aromatic heterocycles. The Morgan fingerprint density at radius 3 is 2.69 bits per heavy atom. The Bertz CT molecular complexity index is 750. The van der Waals surface area contributed by atoms with Crippen LogP contribution in [0.15, 0.2) is 47.5 Å². The molecule has 3 N–H and O–H groups in total. The number of guanidine groups is 1. The van der Waals surface area contributed by atoms with Crippen molar-refractivity contribution in [1.82, 2.24) is 10.6 Å². The summed E-state index contributed by atoms with van der Waals surface area (Å²) in [6, 6.07) is 13.3. The van der Waals surface area contributed by atoms with Gasteiger partial charge in [-0.3, -0.25) is 0 Å². The molecular formula is C20H26ClN3O2. The maximum atomic E-state index is 10.4. The number of rotatable bonds is 7. The van der Waals surface area contributed by atoms with Gasteiger partial charge < -0.3 is 20.5 Å². The van der Waals surface area contributed by atoms with Crippen molar-refractivity contribution in [1.29, 1.82) is 0 Å². The number of aliphatic hydroxyl groups is 1. The molecule has 26 heavy (non-hydrogen) atoms. The molecule has 6 heteroatoms. The van der Waals surface area contributed by atoms with Gasteiger partial charge in [0.1, 0.15) is 5.75 Å². The van der Waals surface area contributed by atoms with Gasteiger partial charge in [-0.25, -0.2) is 4.99 Å². The smallest absolute Gasteiger partial charge is 0.191 e. The standard InChI is InChI=1S/C20H26ClN3O2/c1-4-22-20(23-12-15-10-9-14(2)11-19(15)26-3)24-13-18(25)16-7-5-6-8-17(16)21/h5-11,18,25H,4,12-13H2,1-3H3,(H2,22,23,24). The maximum absolute atomic E-state index is 10.4. The van der Waals surface area contributed by atoms with Crippen LogP contribution in [0.25, 0.3) is 0 Å². The van der Waals surface area contributed by atoms with Gasteiger partial charge in [-0.2, -0.15) is 0 Å². The molecule has 0 saturated carbocycles. The number of aliphatic hydroxyl groups excluding tert-OH is 1. The molecule has 0 bridgehead atoms. The predicted molar refractivity (Wildman–Crippen MR) is 107 cm³/mol. The first-order valence-corrected chi connectivity index (χ1v) is 9.01. The fourth-order valence-corrected chi connectivity index (χ4v) is 2.80. The first-order valence-electron chi connectivity index (χ1n) is 8.63. The summed E-state index contributed by atoms with van der Waals surface area (Å²) in [5, 5.41) is 17.2. The Morgan fingerprint density at radius 1 is 1.23 bits per heavy atom. The molecule has 2 rings (SSSR count). The fraction of sp³-hybridized carbons (Fsp3) is 0.350. The molecule has 0 aliphatic rings. The number of methoxy groups -OCH3 is 1. The highest BCUT2D eigenvalue weighted by atomic mass is 35.5. The molecule has 0 amide bonds. The molecule has 2 aromatic carbocycles. The minimum atomic E-state index is -0.721. The lowest BCUT2D eigenvalue weighted by Crippen LogP contribution is -2.39. The molecule has 1 unspecified atom stereocenters. The molecule has 0 spiro atoms. The Morgan fingerprint density at radius 2 is 2.00 bits per heavy atom. The third kappa shape index (κ3) is 5.64. The molecule has 0 radical (unpaired) electrons. The zero-order chi connectivity index (χ0) is 18.9. The zero-order valence-electron chi connectivity index (χ0n) is 15.4. The van der Waals surface area contributed by atoms with E-state index in [-0.39, 0.29) is 0 Å². The van der Waals surface area contributed by atoms with Gasteiger partial charge >= 0.3 is 0 Å². The van der Waals surface area contributed by atoms with E-state index in [0.29, 0.717) is 29.6 Å². The van der Waals surface area contributed by atoms with Crippen LogP contribution in [0.1, 0.15) is 29.7 Å². The number of ether oxygens (including phenoxy) is 1. The normalized spacial score (nSPS) is 12.6. The maximum Gasteiger partial charge on any atom is 0.191 e. The minimum absolute atomic E-state index is 0.306. The van der Waals surface area contributed by atoms with Crippen molar-refractivity contribution in [2.24, 2.45) is 4.99 Å². The number of aliphatic imine (C=N–C) groups is 1. The molecule has 2 aromatic rings. The Labute approximate surface area is 160 Å². The van der Waals surface area contributed by atoms with Crippen molar-refractivity contribution in [3.05, 3.63) is 64.2 Å². The fourth-order valence-electron chi connectivity index (χ4n) is 2.54. The zero-order valence-corrected chi connectivity index (χ0v) is 16.2. The second kappa shape index (κ2) is 10.0. The van der Waals surface area contributed by atoms with E-state index in [1.54, 1.807) is 13.2 Å². The van der Waals surface area contributed by atoms with Crippen LogP contribution in [0.2, 0.25) is 5.02 Å². The van der Waals surface area contributed by atoms with Gasteiger partial charge in [0.25, 0.3) is 0 Å². The summed E-state index contributed by atoms with van der Waals surface area (Å²) in [7, 11) is 1.66. The minimum Gasteiger partial charge on any atom is -0.496 e. The SMILES string of the molecule is CCNC(=NCc1ccc(C)cc1OC)NCC(O)c1ccccc1Cl. The van der Waals surface area contributed by atoms with Crippen molar-refractivity contribution in [3.8, 4) is 5.75 Å². The average Bonchev–Trinajstić information content (AvgIpc) is 2.64. The molecule has 0 saturated heterocycles. The van der Waals surface area contributed by atoms with Crippen molar-refractivity contribution in [2.75, 3.05) is 20.2 Å². The van der Waals surface area contributed by atoms with Crippen LogP contribution >= 0.6 is 11.6 Å². The largest absolute Gasteiger partial charge is 0.496 e.